The van der Waals surface area contributed by atoms with Crippen molar-refractivity contribution in [2.24, 2.45) is 0 Å². The summed E-state index contributed by atoms with van der Waals surface area (Å²) in [6, 6.07) is 0.671. The van der Waals surface area contributed by atoms with Gasteiger partial charge in [-0.2, -0.15) is 0 Å². The molecule has 0 aromatic carbocycles. The molecule has 25 heavy (non-hydrogen) atoms. The summed E-state index contributed by atoms with van der Waals surface area (Å²) in [5.74, 6) is -1.16. The van der Waals surface area contributed by atoms with E-state index in [1.54, 1.807) is 13.0 Å². The van der Waals surface area contributed by atoms with Crippen LogP contribution in [0.1, 0.15) is 31.0 Å². The molecule has 2 heterocycles. The molecule has 0 spiro atoms. The van der Waals surface area contributed by atoms with E-state index in [1.165, 1.54) is 12.4 Å². The van der Waals surface area contributed by atoms with Gasteiger partial charge in [-0.15, -0.1) is 0 Å². The van der Waals surface area contributed by atoms with Gasteiger partial charge in [0.1, 0.15) is 6.04 Å². The zero-order valence-electron chi connectivity index (χ0n) is 13.9. The minimum absolute atomic E-state index is 0.179. The number of hydrogen-bond acceptors (Lipinski definition) is 6. The summed E-state index contributed by atoms with van der Waals surface area (Å²) < 4.78 is 0. The maximum atomic E-state index is 12.3. The van der Waals surface area contributed by atoms with Crippen LogP contribution in [0.4, 0.5) is 0 Å². The molecule has 9 heteroatoms. The van der Waals surface area contributed by atoms with Crippen LogP contribution in [0.25, 0.3) is 11.6 Å². The molecule has 0 radical (unpaired) electrons. The lowest BCUT2D eigenvalue weighted by Crippen LogP contribution is -2.42. The molecule has 0 aliphatic heterocycles. The molecule has 1 atom stereocenters. The molecule has 0 aliphatic carbocycles. The molecule has 0 bridgehead atoms. The maximum Gasteiger partial charge on any atom is 0.326 e. The van der Waals surface area contributed by atoms with E-state index >= 15 is 0 Å². The number of carbonyl (C=O) groups is 2. The minimum atomic E-state index is -1.10. The van der Waals surface area contributed by atoms with Gasteiger partial charge < -0.3 is 15.4 Å². The number of nitrogens with one attached hydrogen (secondary N) is 2. The van der Waals surface area contributed by atoms with Gasteiger partial charge in [0, 0.05) is 23.7 Å². The average molecular weight is 345 g/mol. The van der Waals surface area contributed by atoms with E-state index in [9.17, 15) is 14.4 Å². The van der Waals surface area contributed by atoms with Crippen LogP contribution in [0.2, 0.25) is 0 Å². The second-order valence-electron chi connectivity index (χ2n) is 5.47. The van der Waals surface area contributed by atoms with Crippen molar-refractivity contribution in [1.29, 1.82) is 0 Å². The number of aryl methyl sites for hydroxylation is 1. The zero-order chi connectivity index (χ0) is 18.4. The van der Waals surface area contributed by atoms with Crippen molar-refractivity contribution in [3.8, 4) is 11.6 Å². The molecule has 3 N–H and O–H groups in total. The number of aromatic nitrogens is 4. The number of amides is 1. The van der Waals surface area contributed by atoms with Crippen molar-refractivity contribution in [2.75, 3.05) is 0 Å². The third-order valence-corrected chi connectivity index (χ3v) is 3.55. The first-order chi connectivity index (χ1) is 11.9. The standard InChI is InChI=1S/C16H19N5O4/c1-3-5-11(16(24)25)20-12(22)8-10-9(2)19-14(21-15(10)23)13-17-6-4-7-18-13/h4,6-7,11H,3,5,8H2,1-2H3,(H,20,22)(H,24,25)(H,19,21,23). The van der Waals surface area contributed by atoms with Gasteiger partial charge in [0.15, 0.2) is 11.6 Å². The molecule has 0 aliphatic rings. The van der Waals surface area contributed by atoms with Gasteiger partial charge in [0.05, 0.1) is 6.42 Å². The van der Waals surface area contributed by atoms with Crippen LogP contribution in [0, 0.1) is 6.92 Å². The average Bonchev–Trinajstić information content (AvgIpc) is 2.58. The lowest BCUT2D eigenvalue weighted by molar-refractivity contribution is -0.141. The van der Waals surface area contributed by atoms with Crippen LogP contribution in [-0.4, -0.2) is 43.0 Å². The third-order valence-electron chi connectivity index (χ3n) is 3.55. The maximum absolute atomic E-state index is 12.3. The number of nitrogens with zero attached hydrogens (tertiary/aromatic N) is 3. The molecule has 0 saturated heterocycles. The monoisotopic (exact) mass is 345 g/mol. The molecule has 132 valence electrons. The Kier molecular flexibility index (Phi) is 5.93. The number of hydrogen-bond donors (Lipinski definition) is 3. The van der Waals surface area contributed by atoms with E-state index in [2.05, 4.69) is 25.3 Å². The highest BCUT2D eigenvalue weighted by atomic mass is 16.4. The van der Waals surface area contributed by atoms with Crippen molar-refractivity contribution >= 4 is 11.9 Å². The molecular formula is C16H19N5O4. The number of H-pyrrole nitrogens is 1. The van der Waals surface area contributed by atoms with Gasteiger partial charge in [-0.3, -0.25) is 9.59 Å². The van der Waals surface area contributed by atoms with Crippen LogP contribution in [0.3, 0.4) is 0 Å². The van der Waals surface area contributed by atoms with Gasteiger partial charge in [-0.05, 0) is 19.4 Å². The van der Waals surface area contributed by atoms with Gasteiger partial charge >= 0.3 is 5.97 Å². The normalized spacial score (nSPS) is 11.8. The Balaban J connectivity index is 2.19. The van der Waals surface area contributed by atoms with E-state index in [4.69, 9.17) is 5.11 Å². The summed E-state index contributed by atoms with van der Waals surface area (Å²) >= 11 is 0. The first kappa shape index (κ1) is 18.2. The Hall–Kier alpha value is -3.10. The summed E-state index contributed by atoms with van der Waals surface area (Å²) in [6.45, 7) is 3.43. The third kappa shape index (κ3) is 4.69. The van der Waals surface area contributed by atoms with Gasteiger partial charge in [-0.25, -0.2) is 19.7 Å². The fraction of sp³-hybridized carbons (Fsp3) is 0.375. The number of carbonyl (C=O) groups excluding carboxylic acids is 1. The van der Waals surface area contributed by atoms with Crippen LogP contribution in [0.15, 0.2) is 23.3 Å². The predicted molar refractivity (Wildman–Crippen MR) is 88.8 cm³/mol. The van der Waals surface area contributed by atoms with Crippen LogP contribution in [0.5, 0.6) is 0 Å². The number of aromatic amines is 1. The second-order valence-corrected chi connectivity index (χ2v) is 5.47. The lowest BCUT2D eigenvalue weighted by atomic mass is 10.1. The Morgan fingerprint density at radius 3 is 2.56 bits per heavy atom. The van der Waals surface area contributed by atoms with Gasteiger partial charge in [-0.1, -0.05) is 13.3 Å². The van der Waals surface area contributed by atoms with E-state index < -0.39 is 23.5 Å². The fourth-order valence-electron chi connectivity index (χ4n) is 2.30. The summed E-state index contributed by atoms with van der Waals surface area (Å²) in [4.78, 5) is 50.3. The first-order valence-corrected chi connectivity index (χ1v) is 7.81. The number of rotatable bonds is 7. The highest BCUT2D eigenvalue weighted by molar-refractivity contribution is 5.84. The fourth-order valence-corrected chi connectivity index (χ4v) is 2.30. The van der Waals surface area contributed by atoms with Crippen molar-refractivity contribution in [1.82, 2.24) is 25.3 Å². The molecule has 0 fully saturated rings. The molecule has 0 saturated carbocycles. The Morgan fingerprint density at radius 2 is 2.00 bits per heavy atom. The molecule has 2 aromatic rings. The number of carboxylic acid groups (broad SMARTS) is 1. The highest BCUT2D eigenvalue weighted by Crippen LogP contribution is 2.09. The lowest BCUT2D eigenvalue weighted by Gasteiger charge is -2.13. The molecule has 1 unspecified atom stereocenters. The van der Waals surface area contributed by atoms with Crippen LogP contribution < -0.4 is 10.9 Å². The summed E-state index contributed by atoms with van der Waals surface area (Å²) in [5.41, 5.74) is 0.0639. The van der Waals surface area contributed by atoms with Gasteiger partial charge in [0.2, 0.25) is 5.91 Å². The largest absolute Gasteiger partial charge is 0.480 e. The van der Waals surface area contributed by atoms with Crippen molar-refractivity contribution in [3.05, 3.63) is 40.1 Å². The predicted octanol–water partition coefficient (Wildman–Crippen LogP) is 0.447. The van der Waals surface area contributed by atoms with E-state index in [0.29, 0.717) is 18.5 Å². The van der Waals surface area contributed by atoms with E-state index in [0.717, 1.165) is 0 Å². The molecule has 2 aromatic heterocycles. The molecule has 2 rings (SSSR count). The zero-order valence-corrected chi connectivity index (χ0v) is 13.9. The summed E-state index contributed by atoms with van der Waals surface area (Å²) in [7, 11) is 0. The Labute approximate surface area is 143 Å². The minimum Gasteiger partial charge on any atom is -0.480 e. The molecule has 1 amide bonds. The van der Waals surface area contributed by atoms with Crippen molar-refractivity contribution < 1.29 is 14.7 Å². The van der Waals surface area contributed by atoms with Crippen LogP contribution >= 0.6 is 0 Å². The molecule has 9 nitrogen and oxygen atoms in total. The topological polar surface area (TPSA) is 138 Å². The van der Waals surface area contributed by atoms with E-state index in [-0.39, 0.29) is 23.6 Å². The number of carboxylic acids is 1. The Bertz CT molecular complexity index is 819. The van der Waals surface area contributed by atoms with E-state index in [1.807, 2.05) is 6.92 Å². The second kappa shape index (κ2) is 8.13. The smallest absolute Gasteiger partial charge is 0.326 e. The van der Waals surface area contributed by atoms with Crippen LogP contribution in [-0.2, 0) is 16.0 Å². The quantitative estimate of drug-likeness (QED) is 0.662. The summed E-state index contributed by atoms with van der Waals surface area (Å²) in [5, 5.41) is 11.5. The van der Waals surface area contributed by atoms with Gasteiger partial charge in [0.25, 0.3) is 5.56 Å². The van der Waals surface area contributed by atoms with Crippen molar-refractivity contribution in [2.45, 2.75) is 39.2 Å². The Morgan fingerprint density at radius 1 is 1.32 bits per heavy atom. The first-order valence-electron chi connectivity index (χ1n) is 7.81. The summed E-state index contributed by atoms with van der Waals surface area (Å²) in [6.07, 6.45) is 3.73. The van der Waals surface area contributed by atoms with Crippen molar-refractivity contribution in [3.63, 3.8) is 0 Å². The highest BCUT2D eigenvalue weighted by Gasteiger charge is 2.21. The SMILES string of the molecule is CCCC(NC(=O)Cc1c(C)nc(-c2ncccn2)[nH]c1=O)C(=O)O. The molecular weight excluding hydrogens is 326 g/mol. The number of aliphatic carboxylic acids is 1.